The summed E-state index contributed by atoms with van der Waals surface area (Å²) >= 11 is 0. The molecule has 0 radical (unpaired) electrons. The van der Waals surface area contributed by atoms with E-state index in [1.54, 1.807) is 0 Å². The Bertz CT molecular complexity index is 536. The van der Waals surface area contributed by atoms with Gasteiger partial charge in [-0.3, -0.25) is 4.79 Å². The Morgan fingerprint density at radius 3 is 2.59 bits per heavy atom. The average molecular weight is 228 g/mol. The first-order chi connectivity index (χ1) is 8.20. The molecule has 3 N–H and O–H groups in total. The lowest BCUT2D eigenvalue weighted by Gasteiger charge is -2.15. The smallest absolute Gasteiger partial charge is 0.219 e. The van der Waals surface area contributed by atoms with Gasteiger partial charge >= 0.3 is 0 Å². The highest BCUT2D eigenvalue weighted by molar-refractivity contribution is 5.83. The maximum absolute atomic E-state index is 11.0. The van der Waals surface area contributed by atoms with Crippen molar-refractivity contribution in [1.29, 1.82) is 0 Å². The number of amides is 1. The van der Waals surface area contributed by atoms with Gasteiger partial charge in [0.2, 0.25) is 5.91 Å². The van der Waals surface area contributed by atoms with Crippen LogP contribution < -0.4 is 11.1 Å². The minimum absolute atomic E-state index is 0.0166. The lowest BCUT2D eigenvalue weighted by atomic mass is 10.00. The standard InChI is InChI=1S/C14H16N2O/c1-16-13(9-14(15)17)12-7-6-10-4-2-3-5-11(10)8-12/h2-8,13,16H,9H2,1H3,(H2,15,17). The van der Waals surface area contributed by atoms with Gasteiger partial charge in [-0.2, -0.15) is 0 Å². The van der Waals surface area contributed by atoms with Gasteiger partial charge in [0, 0.05) is 12.5 Å². The highest BCUT2D eigenvalue weighted by Crippen LogP contribution is 2.21. The Morgan fingerprint density at radius 2 is 1.94 bits per heavy atom. The highest BCUT2D eigenvalue weighted by atomic mass is 16.1. The van der Waals surface area contributed by atoms with E-state index in [1.807, 2.05) is 25.2 Å². The second kappa shape index (κ2) is 4.97. The van der Waals surface area contributed by atoms with Crippen molar-refractivity contribution < 1.29 is 4.79 Å². The van der Waals surface area contributed by atoms with Gasteiger partial charge in [0.25, 0.3) is 0 Å². The first kappa shape index (κ1) is 11.6. The lowest BCUT2D eigenvalue weighted by Crippen LogP contribution is -2.23. The summed E-state index contributed by atoms with van der Waals surface area (Å²) in [5, 5.41) is 5.49. The summed E-state index contributed by atoms with van der Waals surface area (Å²) < 4.78 is 0. The van der Waals surface area contributed by atoms with Crippen LogP contribution in [0, 0.1) is 0 Å². The van der Waals surface area contributed by atoms with Crippen LogP contribution >= 0.6 is 0 Å². The first-order valence-corrected chi connectivity index (χ1v) is 5.65. The van der Waals surface area contributed by atoms with E-state index < -0.39 is 0 Å². The molecule has 0 aliphatic carbocycles. The van der Waals surface area contributed by atoms with Crippen LogP contribution in [0.3, 0.4) is 0 Å². The van der Waals surface area contributed by atoms with Gasteiger partial charge in [-0.15, -0.1) is 0 Å². The van der Waals surface area contributed by atoms with Gasteiger partial charge in [0.05, 0.1) is 0 Å². The lowest BCUT2D eigenvalue weighted by molar-refractivity contribution is -0.118. The van der Waals surface area contributed by atoms with Crippen molar-refractivity contribution in [2.45, 2.75) is 12.5 Å². The minimum Gasteiger partial charge on any atom is -0.370 e. The van der Waals surface area contributed by atoms with Crippen molar-refractivity contribution in [3.63, 3.8) is 0 Å². The maximum Gasteiger partial charge on any atom is 0.219 e. The van der Waals surface area contributed by atoms with Crippen LogP contribution in [0.2, 0.25) is 0 Å². The molecule has 3 nitrogen and oxygen atoms in total. The number of fused-ring (bicyclic) bond motifs is 1. The van der Waals surface area contributed by atoms with Gasteiger partial charge in [0.1, 0.15) is 0 Å². The molecule has 1 unspecified atom stereocenters. The third-order valence-corrected chi connectivity index (χ3v) is 2.93. The van der Waals surface area contributed by atoms with E-state index in [0.717, 1.165) is 5.56 Å². The van der Waals surface area contributed by atoms with Gasteiger partial charge in [-0.25, -0.2) is 0 Å². The summed E-state index contributed by atoms with van der Waals surface area (Å²) in [4.78, 5) is 11.0. The summed E-state index contributed by atoms with van der Waals surface area (Å²) in [5.41, 5.74) is 6.33. The molecule has 1 atom stereocenters. The van der Waals surface area contributed by atoms with E-state index in [2.05, 4.69) is 29.6 Å². The highest BCUT2D eigenvalue weighted by Gasteiger charge is 2.12. The Morgan fingerprint density at radius 1 is 1.24 bits per heavy atom. The van der Waals surface area contributed by atoms with Gasteiger partial charge < -0.3 is 11.1 Å². The van der Waals surface area contributed by atoms with Crippen molar-refractivity contribution in [3.8, 4) is 0 Å². The summed E-state index contributed by atoms with van der Waals surface area (Å²) in [6.07, 6.45) is 0.314. The van der Waals surface area contributed by atoms with Crippen LogP contribution in [0.4, 0.5) is 0 Å². The second-order valence-electron chi connectivity index (χ2n) is 4.12. The Balaban J connectivity index is 2.37. The number of benzene rings is 2. The van der Waals surface area contributed by atoms with E-state index in [0.29, 0.717) is 6.42 Å². The zero-order valence-corrected chi connectivity index (χ0v) is 9.81. The first-order valence-electron chi connectivity index (χ1n) is 5.65. The number of carbonyl (C=O) groups is 1. The molecule has 0 spiro atoms. The SMILES string of the molecule is CNC(CC(N)=O)c1ccc2ccccc2c1. The van der Waals surface area contributed by atoms with Crippen molar-refractivity contribution in [3.05, 3.63) is 48.0 Å². The fourth-order valence-corrected chi connectivity index (χ4v) is 2.01. The summed E-state index contributed by atoms with van der Waals surface area (Å²) in [7, 11) is 1.84. The monoisotopic (exact) mass is 228 g/mol. The summed E-state index contributed by atoms with van der Waals surface area (Å²) in [6.45, 7) is 0. The van der Waals surface area contributed by atoms with Crippen molar-refractivity contribution in [2.75, 3.05) is 7.05 Å². The zero-order valence-electron chi connectivity index (χ0n) is 9.81. The molecule has 0 aliphatic heterocycles. The molecule has 2 aromatic rings. The number of rotatable bonds is 4. The zero-order chi connectivity index (χ0) is 12.3. The Labute approximate surface area is 101 Å². The average Bonchev–Trinajstić information content (AvgIpc) is 2.35. The quantitative estimate of drug-likeness (QED) is 0.840. The number of hydrogen-bond donors (Lipinski definition) is 2. The van der Waals surface area contributed by atoms with Crippen LogP contribution in [0.5, 0.6) is 0 Å². The Hall–Kier alpha value is -1.87. The van der Waals surface area contributed by atoms with Crippen LogP contribution in [0.1, 0.15) is 18.0 Å². The third-order valence-electron chi connectivity index (χ3n) is 2.93. The largest absolute Gasteiger partial charge is 0.370 e. The second-order valence-corrected chi connectivity index (χ2v) is 4.12. The molecule has 2 aromatic carbocycles. The molecular formula is C14H16N2O. The molecule has 0 aliphatic rings. The summed E-state index contributed by atoms with van der Waals surface area (Å²) in [6, 6.07) is 14.3. The fraction of sp³-hybridized carbons (Fsp3) is 0.214. The number of hydrogen-bond acceptors (Lipinski definition) is 2. The third kappa shape index (κ3) is 2.63. The molecule has 0 saturated heterocycles. The summed E-state index contributed by atoms with van der Waals surface area (Å²) in [5.74, 6) is -0.294. The van der Waals surface area contributed by atoms with Crippen molar-refractivity contribution in [1.82, 2.24) is 5.32 Å². The molecule has 17 heavy (non-hydrogen) atoms. The molecule has 88 valence electrons. The van der Waals surface area contributed by atoms with E-state index in [1.165, 1.54) is 10.8 Å². The molecule has 2 rings (SSSR count). The predicted octanol–water partition coefficient (Wildman–Crippen LogP) is 1.98. The number of nitrogens with one attached hydrogen (secondary N) is 1. The predicted molar refractivity (Wildman–Crippen MR) is 69.6 cm³/mol. The number of primary amides is 1. The molecular weight excluding hydrogens is 212 g/mol. The van der Waals surface area contributed by atoms with Crippen LogP contribution in [0.15, 0.2) is 42.5 Å². The van der Waals surface area contributed by atoms with Crippen LogP contribution in [0.25, 0.3) is 10.8 Å². The maximum atomic E-state index is 11.0. The van der Waals surface area contributed by atoms with Crippen molar-refractivity contribution >= 4 is 16.7 Å². The van der Waals surface area contributed by atoms with E-state index in [4.69, 9.17) is 5.73 Å². The van der Waals surface area contributed by atoms with E-state index in [-0.39, 0.29) is 11.9 Å². The molecule has 1 amide bonds. The minimum atomic E-state index is -0.294. The van der Waals surface area contributed by atoms with Gasteiger partial charge in [-0.05, 0) is 29.4 Å². The van der Waals surface area contributed by atoms with Crippen LogP contribution in [-0.4, -0.2) is 13.0 Å². The number of carbonyl (C=O) groups excluding carboxylic acids is 1. The fourth-order valence-electron chi connectivity index (χ4n) is 2.01. The molecule has 0 aromatic heterocycles. The molecule has 0 heterocycles. The molecule has 0 saturated carbocycles. The topological polar surface area (TPSA) is 55.1 Å². The van der Waals surface area contributed by atoms with Crippen molar-refractivity contribution in [2.24, 2.45) is 5.73 Å². The van der Waals surface area contributed by atoms with E-state index in [9.17, 15) is 4.79 Å². The van der Waals surface area contributed by atoms with Gasteiger partial charge in [0.15, 0.2) is 0 Å². The molecule has 0 fully saturated rings. The number of nitrogens with two attached hydrogens (primary N) is 1. The van der Waals surface area contributed by atoms with Crippen LogP contribution in [-0.2, 0) is 4.79 Å². The molecule has 3 heteroatoms. The molecule has 0 bridgehead atoms. The Kier molecular flexibility index (Phi) is 3.40. The normalized spacial score (nSPS) is 12.5. The van der Waals surface area contributed by atoms with Gasteiger partial charge in [-0.1, -0.05) is 36.4 Å². The van der Waals surface area contributed by atoms with E-state index >= 15 is 0 Å².